The van der Waals surface area contributed by atoms with Gasteiger partial charge < -0.3 is 10.2 Å². The van der Waals surface area contributed by atoms with Crippen LogP contribution in [0.2, 0.25) is 0 Å². The monoisotopic (exact) mass is 263 g/mol. The molecule has 0 aliphatic carbocycles. The van der Waals surface area contributed by atoms with Gasteiger partial charge in [-0.3, -0.25) is 10.1 Å². The highest BCUT2D eigenvalue weighted by atomic mass is 16.6. The maximum absolute atomic E-state index is 11.4. The molecule has 1 heterocycles. The van der Waals surface area contributed by atoms with Gasteiger partial charge in [0.1, 0.15) is 11.4 Å². The Hall–Kier alpha value is -1.78. The summed E-state index contributed by atoms with van der Waals surface area (Å²) in [5.74, 6) is 0. The van der Waals surface area contributed by atoms with E-state index in [4.69, 9.17) is 0 Å². The molecular formula is C14H21N3O2. The van der Waals surface area contributed by atoms with Crippen molar-refractivity contribution >= 4 is 17.1 Å². The van der Waals surface area contributed by atoms with E-state index in [9.17, 15) is 10.1 Å². The van der Waals surface area contributed by atoms with Crippen molar-refractivity contribution in [2.75, 3.05) is 23.3 Å². The maximum atomic E-state index is 11.4. The van der Waals surface area contributed by atoms with Crippen LogP contribution >= 0.6 is 0 Å². The maximum Gasteiger partial charge on any atom is 0.315 e. The average molecular weight is 263 g/mol. The highest BCUT2D eigenvalue weighted by Crippen LogP contribution is 2.39. The van der Waals surface area contributed by atoms with Gasteiger partial charge >= 0.3 is 5.69 Å². The minimum absolute atomic E-state index is 0.213. The summed E-state index contributed by atoms with van der Waals surface area (Å²) in [5.41, 5.74) is 1.59. The van der Waals surface area contributed by atoms with Crippen LogP contribution in [0, 0.1) is 10.1 Å². The Kier molecular flexibility index (Phi) is 4.24. The third kappa shape index (κ3) is 2.64. The molecule has 1 aromatic carbocycles. The molecule has 0 spiro atoms. The Morgan fingerprint density at radius 3 is 2.89 bits per heavy atom. The molecule has 1 unspecified atom stereocenters. The Balaban J connectivity index is 2.44. The van der Waals surface area contributed by atoms with Crippen molar-refractivity contribution < 1.29 is 4.92 Å². The van der Waals surface area contributed by atoms with Crippen LogP contribution in [0.15, 0.2) is 18.2 Å². The molecular weight excluding hydrogens is 242 g/mol. The molecule has 2 rings (SSSR count). The summed E-state index contributed by atoms with van der Waals surface area (Å²) < 4.78 is 0. The molecule has 1 atom stereocenters. The standard InChI is InChI=1S/C14H21N3O2/c1-3-11-7-6-10-16(11)13-9-5-8-12(15-4-2)14(13)17(18)19/h5,8-9,11,15H,3-4,6-7,10H2,1-2H3. The molecule has 1 aliphatic heterocycles. The summed E-state index contributed by atoms with van der Waals surface area (Å²) in [5, 5.41) is 14.5. The van der Waals surface area contributed by atoms with Gasteiger partial charge in [-0.1, -0.05) is 13.0 Å². The summed E-state index contributed by atoms with van der Waals surface area (Å²) in [6.45, 7) is 5.68. The zero-order valence-electron chi connectivity index (χ0n) is 11.6. The van der Waals surface area contributed by atoms with E-state index in [0.717, 1.165) is 31.5 Å². The lowest BCUT2D eigenvalue weighted by Gasteiger charge is -2.26. The van der Waals surface area contributed by atoms with Crippen molar-refractivity contribution in [1.82, 2.24) is 0 Å². The van der Waals surface area contributed by atoms with Crippen molar-refractivity contribution in [1.29, 1.82) is 0 Å². The first-order valence-electron chi connectivity index (χ1n) is 6.97. The molecule has 0 bridgehead atoms. The zero-order valence-corrected chi connectivity index (χ0v) is 11.6. The fourth-order valence-electron chi connectivity index (χ4n) is 2.87. The van der Waals surface area contributed by atoms with E-state index in [-0.39, 0.29) is 10.6 Å². The van der Waals surface area contributed by atoms with E-state index >= 15 is 0 Å². The van der Waals surface area contributed by atoms with Gasteiger partial charge in [-0.05, 0) is 38.3 Å². The number of nitrogens with one attached hydrogen (secondary N) is 1. The average Bonchev–Trinajstić information content (AvgIpc) is 2.86. The lowest BCUT2D eigenvalue weighted by atomic mass is 10.1. The number of hydrogen-bond acceptors (Lipinski definition) is 4. The van der Waals surface area contributed by atoms with Gasteiger partial charge in [0.15, 0.2) is 0 Å². The van der Waals surface area contributed by atoms with Gasteiger partial charge in [-0.15, -0.1) is 0 Å². The van der Waals surface area contributed by atoms with E-state index in [1.54, 1.807) is 6.07 Å². The van der Waals surface area contributed by atoms with Crippen molar-refractivity contribution in [2.45, 2.75) is 39.2 Å². The molecule has 5 nitrogen and oxygen atoms in total. The lowest BCUT2D eigenvalue weighted by molar-refractivity contribution is -0.383. The topological polar surface area (TPSA) is 58.4 Å². The molecule has 19 heavy (non-hydrogen) atoms. The summed E-state index contributed by atoms with van der Waals surface area (Å²) in [4.78, 5) is 13.3. The number of benzene rings is 1. The molecule has 1 aromatic rings. The van der Waals surface area contributed by atoms with Crippen LogP contribution in [0.1, 0.15) is 33.1 Å². The third-order valence-corrected chi connectivity index (χ3v) is 3.72. The molecule has 104 valence electrons. The van der Waals surface area contributed by atoms with Crippen LogP contribution in [0.5, 0.6) is 0 Å². The van der Waals surface area contributed by atoms with Gasteiger partial charge in [0.05, 0.1) is 4.92 Å². The van der Waals surface area contributed by atoms with Crippen LogP contribution in [0.25, 0.3) is 0 Å². The normalized spacial score (nSPS) is 18.6. The van der Waals surface area contributed by atoms with Gasteiger partial charge in [-0.2, -0.15) is 0 Å². The lowest BCUT2D eigenvalue weighted by Crippen LogP contribution is -2.29. The third-order valence-electron chi connectivity index (χ3n) is 3.72. The highest BCUT2D eigenvalue weighted by Gasteiger charge is 2.30. The predicted molar refractivity (Wildman–Crippen MR) is 77.9 cm³/mol. The molecule has 1 aliphatic rings. The van der Waals surface area contributed by atoms with E-state index in [2.05, 4.69) is 17.1 Å². The largest absolute Gasteiger partial charge is 0.380 e. The quantitative estimate of drug-likeness (QED) is 0.653. The number of nitro benzene ring substituents is 1. The summed E-state index contributed by atoms with van der Waals surface area (Å²) in [6.07, 6.45) is 3.27. The van der Waals surface area contributed by atoms with Crippen LogP contribution in [0.4, 0.5) is 17.1 Å². The molecule has 0 amide bonds. The summed E-state index contributed by atoms with van der Waals surface area (Å²) in [6, 6.07) is 5.97. The van der Waals surface area contributed by atoms with Crippen LogP contribution < -0.4 is 10.2 Å². The molecule has 1 N–H and O–H groups in total. The Labute approximate surface area is 113 Å². The van der Waals surface area contributed by atoms with Crippen LogP contribution in [-0.2, 0) is 0 Å². The Morgan fingerprint density at radius 2 is 2.26 bits per heavy atom. The fourth-order valence-corrected chi connectivity index (χ4v) is 2.87. The zero-order chi connectivity index (χ0) is 13.8. The van der Waals surface area contributed by atoms with Crippen molar-refractivity contribution in [3.8, 4) is 0 Å². The van der Waals surface area contributed by atoms with Crippen LogP contribution in [-0.4, -0.2) is 24.1 Å². The summed E-state index contributed by atoms with van der Waals surface area (Å²) >= 11 is 0. The number of hydrogen-bond donors (Lipinski definition) is 1. The second-order valence-corrected chi connectivity index (χ2v) is 4.86. The molecule has 1 saturated heterocycles. The molecule has 0 radical (unpaired) electrons. The van der Waals surface area contributed by atoms with Crippen molar-refractivity contribution in [3.05, 3.63) is 28.3 Å². The number of anilines is 2. The smallest absolute Gasteiger partial charge is 0.315 e. The second kappa shape index (κ2) is 5.91. The van der Waals surface area contributed by atoms with Gasteiger partial charge in [-0.25, -0.2) is 0 Å². The summed E-state index contributed by atoms with van der Waals surface area (Å²) in [7, 11) is 0. The molecule has 5 heteroatoms. The number of rotatable bonds is 5. The van der Waals surface area contributed by atoms with E-state index in [0.29, 0.717) is 18.3 Å². The predicted octanol–water partition coefficient (Wildman–Crippen LogP) is 3.41. The van der Waals surface area contributed by atoms with Crippen molar-refractivity contribution in [3.63, 3.8) is 0 Å². The first-order valence-corrected chi connectivity index (χ1v) is 6.97. The van der Waals surface area contributed by atoms with Gasteiger partial charge in [0.25, 0.3) is 0 Å². The fraction of sp³-hybridized carbons (Fsp3) is 0.571. The molecule has 1 fully saturated rings. The van der Waals surface area contributed by atoms with E-state index in [1.165, 1.54) is 0 Å². The second-order valence-electron chi connectivity index (χ2n) is 4.86. The first kappa shape index (κ1) is 13.6. The number of nitrogens with zero attached hydrogens (tertiary/aromatic N) is 2. The SMILES string of the molecule is CCNc1cccc(N2CCCC2CC)c1[N+](=O)[O-]. The number of para-hydroxylation sites is 1. The van der Waals surface area contributed by atoms with E-state index in [1.807, 2.05) is 19.1 Å². The Bertz CT molecular complexity index is 462. The van der Waals surface area contributed by atoms with Gasteiger partial charge in [0, 0.05) is 19.1 Å². The number of nitro groups is 1. The first-order chi connectivity index (χ1) is 9.19. The van der Waals surface area contributed by atoms with Crippen molar-refractivity contribution in [2.24, 2.45) is 0 Å². The van der Waals surface area contributed by atoms with E-state index < -0.39 is 0 Å². The molecule has 0 saturated carbocycles. The molecule has 0 aromatic heterocycles. The highest BCUT2D eigenvalue weighted by molar-refractivity contribution is 5.77. The Morgan fingerprint density at radius 1 is 1.47 bits per heavy atom. The van der Waals surface area contributed by atoms with Crippen LogP contribution in [0.3, 0.4) is 0 Å². The minimum Gasteiger partial charge on any atom is -0.380 e. The minimum atomic E-state index is -0.266. The van der Waals surface area contributed by atoms with Gasteiger partial charge in [0.2, 0.25) is 0 Å².